The quantitative estimate of drug-likeness (QED) is 0.176. The summed E-state index contributed by atoms with van der Waals surface area (Å²) in [6, 6.07) is 63.9. The topological polar surface area (TPSA) is 40.6 Å². The lowest BCUT2D eigenvalue weighted by molar-refractivity contribution is 0.977. The Bertz CT molecular complexity index is 3880. The van der Waals surface area contributed by atoms with Gasteiger partial charge < -0.3 is 4.57 Å². The summed E-state index contributed by atoms with van der Waals surface area (Å²) in [7, 11) is 0. The maximum atomic E-state index is 5.74. The molecular weight excluding hydrogens is 727 g/mol. The molecule has 0 amide bonds. The first-order valence-electron chi connectivity index (χ1n) is 19.7. The van der Waals surface area contributed by atoms with E-state index in [-0.39, 0.29) is 0 Å². The van der Waals surface area contributed by atoms with Crippen molar-refractivity contribution in [2.45, 2.75) is 0 Å². The van der Waals surface area contributed by atoms with Crippen molar-refractivity contribution in [1.82, 2.24) is 23.7 Å². The van der Waals surface area contributed by atoms with Gasteiger partial charge in [0, 0.05) is 53.5 Å². The Hall–Kier alpha value is -7.54. The van der Waals surface area contributed by atoms with Crippen molar-refractivity contribution in [2.24, 2.45) is 0 Å². The number of aromatic nitrogens is 5. The minimum Gasteiger partial charge on any atom is -0.308 e. The van der Waals surface area contributed by atoms with Gasteiger partial charge in [0.2, 0.25) is 5.95 Å². The lowest BCUT2D eigenvalue weighted by Crippen LogP contribution is -2.06. The molecule has 0 N–H and O–H groups in total. The van der Waals surface area contributed by atoms with Crippen molar-refractivity contribution in [1.29, 1.82) is 0 Å². The Kier molecular flexibility index (Phi) is 5.85. The first kappa shape index (κ1) is 30.7. The number of hydrogen-bond donors (Lipinski definition) is 0. The number of nitrogens with zero attached hydrogens (tertiary/aromatic N) is 5. The van der Waals surface area contributed by atoms with Crippen molar-refractivity contribution in [3.8, 4) is 39.7 Å². The van der Waals surface area contributed by atoms with Crippen LogP contribution < -0.4 is 0 Å². The highest BCUT2D eigenvalue weighted by Gasteiger charge is 2.30. The van der Waals surface area contributed by atoms with Crippen molar-refractivity contribution in [3.05, 3.63) is 176 Å². The number of rotatable bonds is 2. The summed E-state index contributed by atoms with van der Waals surface area (Å²) < 4.78 is 8.38. The van der Waals surface area contributed by atoms with Gasteiger partial charge in [0.25, 0.3) is 0 Å². The molecule has 0 spiro atoms. The predicted octanol–water partition coefficient (Wildman–Crippen LogP) is 13.8. The van der Waals surface area contributed by atoms with Crippen LogP contribution in [-0.2, 0) is 0 Å². The van der Waals surface area contributed by atoms with E-state index in [0.717, 1.165) is 38.1 Å². The Balaban J connectivity index is 1.20. The second-order valence-electron chi connectivity index (χ2n) is 15.3. The molecule has 0 saturated heterocycles. The van der Waals surface area contributed by atoms with E-state index in [1.54, 1.807) is 11.3 Å². The Morgan fingerprint density at radius 2 is 0.914 bits per heavy atom. The van der Waals surface area contributed by atoms with Crippen LogP contribution in [0.5, 0.6) is 0 Å². The average Bonchev–Trinajstić information content (AvgIpc) is 4.00. The van der Waals surface area contributed by atoms with E-state index < -0.39 is 0 Å². The van der Waals surface area contributed by atoms with Gasteiger partial charge in [0.05, 0.1) is 44.2 Å². The maximum Gasteiger partial charge on any atom is 0.238 e. The van der Waals surface area contributed by atoms with E-state index >= 15 is 0 Å². The smallest absolute Gasteiger partial charge is 0.238 e. The third-order valence-electron chi connectivity index (χ3n) is 12.4. The Morgan fingerprint density at radius 3 is 1.64 bits per heavy atom. The van der Waals surface area contributed by atoms with Gasteiger partial charge in [-0.05, 0) is 53.6 Å². The van der Waals surface area contributed by atoms with Crippen LogP contribution in [0.4, 0.5) is 0 Å². The first-order chi connectivity index (χ1) is 28.8. The third-order valence-corrected chi connectivity index (χ3v) is 13.5. The van der Waals surface area contributed by atoms with Crippen molar-refractivity contribution in [2.75, 3.05) is 0 Å². The van der Waals surface area contributed by atoms with Gasteiger partial charge in [-0.3, -0.25) is 9.13 Å². The van der Waals surface area contributed by atoms with Gasteiger partial charge in [-0.25, -0.2) is 4.98 Å². The van der Waals surface area contributed by atoms with Crippen molar-refractivity contribution in [3.63, 3.8) is 0 Å². The standard InChI is InChI=1S/C52H29N5S/c1-2-20-35-30(15-1)31-16-3-9-23-39(31)55-40-24-10-6-19-34(40)38-29-44-46(47(35)49(38)55)36-21-7-13-27-43(36)57(44)52-53-50(48-37-22-8-14-28-45(37)58-51(48)54-52)56-41-25-11-4-17-32(41)33-18-5-12-26-42(33)56/h1-29H. The van der Waals surface area contributed by atoms with Crippen LogP contribution >= 0.6 is 11.3 Å². The highest BCUT2D eigenvalue weighted by Crippen LogP contribution is 2.52. The van der Waals surface area contributed by atoms with E-state index in [9.17, 15) is 0 Å². The van der Waals surface area contributed by atoms with E-state index in [2.05, 4.69) is 190 Å². The van der Waals surface area contributed by atoms with Crippen molar-refractivity contribution < 1.29 is 0 Å². The minimum atomic E-state index is 0.655. The molecule has 0 fully saturated rings. The molecule has 1 aliphatic heterocycles. The molecule has 0 aliphatic carbocycles. The van der Waals surface area contributed by atoms with Crippen molar-refractivity contribution >= 4 is 97.1 Å². The van der Waals surface area contributed by atoms with E-state index in [1.807, 2.05) is 0 Å². The SMILES string of the molecule is c1ccc2c(c1)-c1ccccc1-n1c3ccccc3c3cc4c(c-2c31)c1ccccc1n4-c1nc(-n2c3ccccc3c3ccccc32)c2c(n1)sc1ccccc12. The average molecular weight is 756 g/mol. The van der Waals surface area contributed by atoms with Crippen LogP contribution in [0.1, 0.15) is 0 Å². The molecule has 58 heavy (non-hydrogen) atoms. The van der Waals surface area contributed by atoms with Gasteiger partial charge in [-0.15, -0.1) is 11.3 Å². The Morgan fingerprint density at radius 1 is 0.379 bits per heavy atom. The highest BCUT2D eigenvalue weighted by atomic mass is 32.1. The number of thiophene rings is 1. The molecule has 8 aromatic carbocycles. The number of hydrogen-bond acceptors (Lipinski definition) is 3. The first-order valence-corrected chi connectivity index (χ1v) is 20.5. The maximum absolute atomic E-state index is 5.74. The number of fused-ring (bicyclic) bond motifs is 18. The second-order valence-corrected chi connectivity index (χ2v) is 16.3. The lowest BCUT2D eigenvalue weighted by Gasteiger charge is -2.14. The minimum absolute atomic E-state index is 0.655. The lowest BCUT2D eigenvalue weighted by atomic mass is 9.91. The van der Waals surface area contributed by atoms with Gasteiger partial charge in [0.15, 0.2) is 5.82 Å². The Labute approximate surface area is 334 Å². The van der Waals surface area contributed by atoms with Crippen LogP contribution in [0.15, 0.2) is 176 Å². The summed E-state index contributed by atoms with van der Waals surface area (Å²) in [6.45, 7) is 0. The zero-order chi connectivity index (χ0) is 37.6. The highest BCUT2D eigenvalue weighted by molar-refractivity contribution is 7.25. The molecule has 0 saturated carbocycles. The molecule has 13 aromatic rings. The molecule has 268 valence electrons. The molecule has 14 rings (SSSR count). The number of benzene rings is 8. The van der Waals surface area contributed by atoms with Crippen LogP contribution in [0.25, 0.3) is 125 Å². The molecule has 6 heteroatoms. The molecule has 5 nitrogen and oxygen atoms in total. The fraction of sp³-hybridized carbons (Fsp3) is 0. The predicted molar refractivity (Wildman–Crippen MR) is 242 cm³/mol. The second kappa shape index (κ2) is 11.1. The van der Waals surface area contributed by atoms with Crippen LogP contribution in [-0.4, -0.2) is 23.7 Å². The van der Waals surface area contributed by atoms with E-state index in [4.69, 9.17) is 9.97 Å². The monoisotopic (exact) mass is 755 g/mol. The summed E-state index contributed by atoms with van der Waals surface area (Å²) in [4.78, 5) is 12.3. The number of para-hydroxylation sites is 5. The zero-order valence-corrected chi connectivity index (χ0v) is 31.7. The largest absolute Gasteiger partial charge is 0.308 e. The van der Waals surface area contributed by atoms with E-state index in [0.29, 0.717) is 5.95 Å². The molecular formula is C52H29N5S. The summed E-state index contributed by atoms with van der Waals surface area (Å²) in [6.07, 6.45) is 0. The van der Waals surface area contributed by atoms with Gasteiger partial charge in [0.1, 0.15) is 4.83 Å². The molecule has 0 bridgehead atoms. The molecule has 0 unspecified atom stereocenters. The molecule has 6 heterocycles. The van der Waals surface area contributed by atoms with Crippen LogP contribution in [0.2, 0.25) is 0 Å². The van der Waals surface area contributed by atoms with Crippen LogP contribution in [0, 0.1) is 0 Å². The summed E-state index contributed by atoms with van der Waals surface area (Å²) in [5.74, 6) is 1.54. The molecule has 5 aromatic heterocycles. The van der Waals surface area contributed by atoms with E-state index in [1.165, 1.54) is 81.4 Å². The summed E-state index contributed by atoms with van der Waals surface area (Å²) in [5, 5.41) is 9.45. The van der Waals surface area contributed by atoms with Gasteiger partial charge in [-0.1, -0.05) is 133 Å². The fourth-order valence-electron chi connectivity index (χ4n) is 10.1. The summed E-state index contributed by atoms with van der Waals surface area (Å²) in [5.41, 5.74) is 12.9. The summed E-state index contributed by atoms with van der Waals surface area (Å²) >= 11 is 1.74. The fourth-order valence-corrected chi connectivity index (χ4v) is 11.2. The molecule has 0 atom stereocenters. The van der Waals surface area contributed by atoms with Gasteiger partial charge >= 0.3 is 0 Å². The van der Waals surface area contributed by atoms with Crippen LogP contribution in [0.3, 0.4) is 0 Å². The molecule has 1 aliphatic rings. The van der Waals surface area contributed by atoms with Gasteiger partial charge in [-0.2, -0.15) is 4.98 Å². The zero-order valence-electron chi connectivity index (χ0n) is 30.9. The molecule has 0 radical (unpaired) electrons. The normalized spacial score (nSPS) is 12.5. The third kappa shape index (κ3) is 3.80.